The Bertz CT molecular complexity index is 601. The first-order valence-electron chi connectivity index (χ1n) is 6.04. The number of carbonyl (C=O) groups is 1. The Kier molecular flexibility index (Phi) is 4.74. The van der Waals surface area contributed by atoms with Crippen molar-refractivity contribution < 1.29 is 13.9 Å². The van der Waals surface area contributed by atoms with Gasteiger partial charge in [0.05, 0.1) is 0 Å². The molecule has 0 saturated carbocycles. The molecule has 2 aromatic carbocycles. The van der Waals surface area contributed by atoms with Gasteiger partial charge in [-0.1, -0.05) is 28.1 Å². The van der Waals surface area contributed by atoms with Crippen LogP contribution in [0.3, 0.4) is 0 Å². The van der Waals surface area contributed by atoms with Gasteiger partial charge in [-0.25, -0.2) is 4.39 Å². The zero-order valence-electron chi connectivity index (χ0n) is 10.8. The summed E-state index contributed by atoms with van der Waals surface area (Å²) in [6, 6.07) is 13.1. The number of anilines is 1. The fourth-order valence-electron chi connectivity index (χ4n) is 1.56. The predicted octanol–water partition coefficient (Wildman–Crippen LogP) is 3.99. The van der Waals surface area contributed by atoms with E-state index in [1.54, 1.807) is 31.2 Å². The second-order valence-electron chi connectivity index (χ2n) is 4.19. The Morgan fingerprint density at radius 2 is 1.85 bits per heavy atom. The Hall–Kier alpha value is -1.88. The normalized spacial score (nSPS) is 11.8. The van der Waals surface area contributed by atoms with Crippen LogP contribution in [0.1, 0.15) is 6.92 Å². The van der Waals surface area contributed by atoms with Gasteiger partial charge in [-0.15, -0.1) is 0 Å². The molecule has 1 unspecified atom stereocenters. The highest BCUT2D eigenvalue weighted by Crippen LogP contribution is 2.18. The number of amides is 1. The molecule has 104 valence electrons. The van der Waals surface area contributed by atoms with E-state index in [0.717, 1.165) is 4.47 Å². The summed E-state index contributed by atoms with van der Waals surface area (Å²) in [5, 5.41) is 2.70. The Labute approximate surface area is 124 Å². The van der Waals surface area contributed by atoms with Crippen LogP contribution in [0.2, 0.25) is 0 Å². The maximum atomic E-state index is 13.4. The number of hydrogen-bond acceptors (Lipinski definition) is 2. The Morgan fingerprint density at radius 3 is 2.50 bits per heavy atom. The van der Waals surface area contributed by atoms with Crippen molar-refractivity contribution in [2.45, 2.75) is 13.0 Å². The van der Waals surface area contributed by atoms with Crippen molar-refractivity contribution in [1.82, 2.24) is 0 Å². The molecule has 0 spiro atoms. The number of para-hydroxylation sites is 1. The van der Waals surface area contributed by atoms with E-state index in [2.05, 4.69) is 21.2 Å². The molecule has 3 nitrogen and oxygen atoms in total. The van der Waals surface area contributed by atoms with Crippen LogP contribution in [0.4, 0.5) is 10.1 Å². The van der Waals surface area contributed by atoms with Crippen molar-refractivity contribution in [3.8, 4) is 5.75 Å². The van der Waals surface area contributed by atoms with Crippen LogP contribution in [0.15, 0.2) is 53.0 Å². The van der Waals surface area contributed by atoms with Gasteiger partial charge in [0.2, 0.25) is 0 Å². The van der Waals surface area contributed by atoms with Gasteiger partial charge < -0.3 is 10.1 Å². The summed E-state index contributed by atoms with van der Waals surface area (Å²) in [6.07, 6.45) is -0.796. The third-order valence-corrected chi connectivity index (χ3v) is 3.15. The van der Waals surface area contributed by atoms with Crippen LogP contribution in [0.5, 0.6) is 5.75 Å². The number of hydrogen-bond donors (Lipinski definition) is 1. The SMILES string of the molecule is CC(Oc1ccccc1F)C(=O)Nc1ccc(Br)cc1. The van der Waals surface area contributed by atoms with Gasteiger partial charge in [-0.3, -0.25) is 4.79 Å². The minimum atomic E-state index is -0.796. The molecule has 0 bridgehead atoms. The minimum absolute atomic E-state index is 0.0611. The highest BCUT2D eigenvalue weighted by molar-refractivity contribution is 9.10. The molecule has 0 fully saturated rings. The first-order valence-corrected chi connectivity index (χ1v) is 6.83. The summed E-state index contributed by atoms with van der Waals surface area (Å²) in [4.78, 5) is 11.9. The van der Waals surface area contributed by atoms with Crippen LogP contribution < -0.4 is 10.1 Å². The van der Waals surface area contributed by atoms with Gasteiger partial charge in [-0.05, 0) is 43.3 Å². The van der Waals surface area contributed by atoms with Crippen LogP contribution in [-0.2, 0) is 4.79 Å². The van der Waals surface area contributed by atoms with Crippen molar-refractivity contribution in [2.24, 2.45) is 0 Å². The molecule has 1 N–H and O–H groups in total. The average Bonchev–Trinajstić information content (AvgIpc) is 2.44. The molecule has 0 aromatic heterocycles. The second kappa shape index (κ2) is 6.52. The fourth-order valence-corrected chi connectivity index (χ4v) is 1.83. The molecule has 5 heteroatoms. The summed E-state index contributed by atoms with van der Waals surface area (Å²) in [6.45, 7) is 1.57. The van der Waals surface area contributed by atoms with E-state index in [9.17, 15) is 9.18 Å². The lowest BCUT2D eigenvalue weighted by atomic mass is 10.3. The Balaban J connectivity index is 1.99. The number of ether oxygens (including phenoxy) is 1. The van der Waals surface area contributed by atoms with Crippen molar-refractivity contribution in [1.29, 1.82) is 0 Å². The van der Waals surface area contributed by atoms with Crippen molar-refractivity contribution in [3.05, 3.63) is 58.8 Å². The first-order chi connectivity index (χ1) is 9.56. The summed E-state index contributed by atoms with van der Waals surface area (Å²) in [5.41, 5.74) is 0.655. The lowest BCUT2D eigenvalue weighted by molar-refractivity contribution is -0.122. The zero-order valence-corrected chi connectivity index (χ0v) is 12.4. The van der Waals surface area contributed by atoms with Crippen molar-refractivity contribution in [3.63, 3.8) is 0 Å². The van der Waals surface area contributed by atoms with E-state index in [4.69, 9.17) is 4.74 Å². The molecule has 0 aliphatic heterocycles. The Morgan fingerprint density at radius 1 is 1.20 bits per heavy atom. The summed E-state index contributed by atoms with van der Waals surface area (Å²) in [7, 11) is 0. The van der Waals surface area contributed by atoms with Gasteiger partial charge in [-0.2, -0.15) is 0 Å². The highest BCUT2D eigenvalue weighted by Gasteiger charge is 2.16. The van der Waals surface area contributed by atoms with Crippen LogP contribution in [0.25, 0.3) is 0 Å². The molecule has 0 saturated heterocycles. The smallest absolute Gasteiger partial charge is 0.265 e. The number of halogens is 2. The van der Waals surface area contributed by atoms with Crippen molar-refractivity contribution in [2.75, 3.05) is 5.32 Å². The minimum Gasteiger partial charge on any atom is -0.478 e. The average molecular weight is 338 g/mol. The first kappa shape index (κ1) is 14.5. The number of rotatable bonds is 4. The molecule has 0 heterocycles. The summed E-state index contributed by atoms with van der Waals surface area (Å²) in [5.74, 6) is -0.766. The van der Waals surface area contributed by atoms with Crippen LogP contribution >= 0.6 is 15.9 Å². The lowest BCUT2D eigenvalue weighted by Gasteiger charge is -2.15. The van der Waals surface area contributed by atoms with Gasteiger partial charge in [0.1, 0.15) is 0 Å². The molecule has 1 amide bonds. The monoisotopic (exact) mass is 337 g/mol. The standard InChI is InChI=1S/C15H13BrFNO2/c1-10(20-14-5-3-2-4-13(14)17)15(19)18-12-8-6-11(16)7-9-12/h2-10H,1H3,(H,18,19). The maximum absolute atomic E-state index is 13.4. The van der Waals surface area contributed by atoms with Gasteiger partial charge in [0.25, 0.3) is 5.91 Å². The molecular formula is C15H13BrFNO2. The highest BCUT2D eigenvalue weighted by atomic mass is 79.9. The third kappa shape index (κ3) is 3.81. The van der Waals surface area contributed by atoms with Crippen LogP contribution in [-0.4, -0.2) is 12.0 Å². The van der Waals surface area contributed by atoms with Gasteiger partial charge in [0, 0.05) is 10.2 Å². The second-order valence-corrected chi connectivity index (χ2v) is 5.10. The largest absolute Gasteiger partial charge is 0.478 e. The molecule has 2 aromatic rings. The van der Waals surface area contributed by atoms with E-state index < -0.39 is 11.9 Å². The molecular weight excluding hydrogens is 325 g/mol. The zero-order chi connectivity index (χ0) is 14.5. The topological polar surface area (TPSA) is 38.3 Å². The van der Waals surface area contributed by atoms with Gasteiger partial charge in [0.15, 0.2) is 17.7 Å². The predicted molar refractivity (Wildman–Crippen MR) is 79.3 cm³/mol. The molecule has 1 atom stereocenters. The summed E-state index contributed by atoms with van der Waals surface area (Å²) >= 11 is 3.31. The number of benzene rings is 2. The number of carbonyl (C=O) groups excluding carboxylic acids is 1. The molecule has 0 aliphatic rings. The molecule has 20 heavy (non-hydrogen) atoms. The quantitative estimate of drug-likeness (QED) is 0.915. The molecule has 0 radical (unpaired) electrons. The van der Waals surface area contributed by atoms with Crippen molar-refractivity contribution >= 4 is 27.5 Å². The summed E-state index contributed by atoms with van der Waals surface area (Å²) < 4.78 is 19.7. The fraction of sp³-hybridized carbons (Fsp3) is 0.133. The number of nitrogens with one attached hydrogen (secondary N) is 1. The lowest BCUT2D eigenvalue weighted by Crippen LogP contribution is -2.30. The van der Waals surface area contributed by atoms with E-state index in [1.807, 2.05) is 12.1 Å². The van der Waals surface area contributed by atoms with Gasteiger partial charge >= 0.3 is 0 Å². The van der Waals surface area contributed by atoms with E-state index in [0.29, 0.717) is 5.69 Å². The van der Waals surface area contributed by atoms with E-state index in [1.165, 1.54) is 12.1 Å². The maximum Gasteiger partial charge on any atom is 0.265 e. The van der Waals surface area contributed by atoms with Crippen LogP contribution in [0, 0.1) is 5.82 Å². The van der Waals surface area contributed by atoms with E-state index >= 15 is 0 Å². The molecule has 2 rings (SSSR count). The molecule has 0 aliphatic carbocycles. The third-order valence-electron chi connectivity index (χ3n) is 2.62. The van der Waals surface area contributed by atoms with E-state index in [-0.39, 0.29) is 11.7 Å².